The van der Waals surface area contributed by atoms with Gasteiger partial charge in [-0.1, -0.05) is 33.8 Å². The fourth-order valence-electron chi connectivity index (χ4n) is 2.37. The SMILES string of the molecule is CC(C)CCn1c(CC(C)C)nc2c(N)cccc21. The van der Waals surface area contributed by atoms with Crippen LogP contribution >= 0.6 is 0 Å². The molecule has 0 saturated heterocycles. The molecule has 0 aliphatic rings. The van der Waals surface area contributed by atoms with Crippen LogP contribution in [0.4, 0.5) is 5.69 Å². The fourth-order valence-corrected chi connectivity index (χ4v) is 2.37. The first kappa shape index (κ1) is 13.9. The second-order valence-electron chi connectivity index (χ2n) is 6.18. The van der Waals surface area contributed by atoms with Crippen molar-refractivity contribution in [2.75, 3.05) is 5.73 Å². The van der Waals surface area contributed by atoms with Gasteiger partial charge in [0.25, 0.3) is 0 Å². The molecule has 1 aromatic heterocycles. The van der Waals surface area contributed by atoms with Gasteiger partial charge in [0, 0.05) is 13.0 Å². The molecule has 0 spiro atoms. The number of nitrogens with zero attached hydrogens (tertiary/aromatic N) is 2. The van der Waals surface area contributed by atoms with E-state index in [9.17, 15) is 0 Å². The highest BCUT2D eigenvalue weighted by Gasteiger charge is 2.13. The third-order valence-corrected chi connectivity index (χ3v) is 3.41. The van der Waals surface area contributed by atoms with Gasteiger partial charge in [0.1, 0.15) is 11.3 Å². The average molecular weight is 259 g/mol. The van der Waals surface area contributed by atoms with Gasteiger partial charge in [-0.2, -0.15) is 0 Å². The summed E-state index contributed by atoms with van der Waals surface area (Å²) in [5.74, 6) is 2.48. The monoisotopic (exact) mass is 259 g/mol. The average Bonchev–Trinajstić information content (AvgIpc) is 2.65. The summed E-state index contributed by atoms with van der Waals surface area (Å²) < 4.78 is 2.35. The molecular weight excluding hydrogens is 234 g/mol. The number of rotatable bonds is 5. The molecular formula is C16H25N3. The summed E-state index contributed by atoms with van der Waals surface area (Å²) in [5.41, 5.74) is 8.97. The Bertz CT molecular complexity index is 552. The second-order valence-corrected chi connectivity index (χ2v) is 6.18. The predicted molar refractivity (Wildman–Crippen MR) is 82.1 cm³/mol. The van der Waals surface area contributed by atoms with Crippen molar-refractivity contribution in [1.29, 1.82) is 0 Å². The highest BCUT2D eigenvalue weighted by molar-refractivity contribution is 5.87. The first-order valence-electron chi connectivity index (χ1n) is 7.22. The van der Waals surface area contributed by atoms with Gasteiger partial charge < -0.3 is 10.3 Å². The number of aromatic nitrogens is 2. The van der Waals surface area contributed by atoms with E-state index in [1.807, 2.05) is 12.1 Å². The molecule has 3 nitrogen and oxygen atoms in total. The largest absolute Gasteiger partial charge is 0.397 e. The normalized spacial score (nSPS) is 11.9. The molecule has 0 fully saturated rings. The lowest BCUT2D eigenvalue weighted by molar-refractivity contribution is 0.500. The van der Waals surface area contributed by atoms with Crippen molar-refractivity contribution in [2.24, 2.45) is 11.8 Å². The van der Waals surface area contributed by atoms with Crippen LogP contribution in [0.3, 0.4) is 0 Å². The van der Waals surface area contributed by atoms with E-state index in [0.29, 0.717) is 11.8 Å². The molecule has 0 amide bonds. The van der Waals surface area contributed by atoms with Crippen LogP contribution in [0, 0.1) is 11.8 Å². The maximum absolute atomic E-state index is 6.05. The molecule has 3 heteroatoms. The molecule has 104 valence electrons. The maximum Gasteiger partial charge on any atom is 0.112 e. The topological polar surface area (TPSA) is 43.8 Å². The van der Waals surface area contributed by atoms with E-state index in [-0.39, 0.29) is 0 Å². The Kier molecular flexibility index (Phi) is 4.13. The van der Waals surface area contributed by atoms with Crippen molar-refractivity contribution in [2.45, 2.75) is 47.1 Å². The molecule has 2 aromatic rings. The fraction of sp³-hybridized carbons (Fsp3) is 0.562. The lowest BCUT2D eigenvalue weighted by Crippen LogP contribution is -2.08. The molecule has 1 aromatic carbocycles. The predicted octanol–water partition coefficient (Wildman–Crippen LogP) is 3.86. The number of imidazole rings is 1. The van der Waals surface area contributed by atoms with E-state index in [1.54, 1.807) is 0 Å². The van der Waals surface area contributed by atoms with Gasteiger partial charge in [0.15, 0.2) is 0 Å². The number of hydrogen-bond donors (Lipinski definition) is 1. The third-order valence-electron chi connectivity index (χ3n) is 3.41. The first-order chi connectivity index (χ1) is 8.99. The van der Waals surface area contributed by atoms with E-state index < -0.39 is 0 Å². The summed E-state index contributed by atoms with van der Waals surface area (Å²) in [7, 11) is 0. The van der Waals surface area contributed by atoms with Crippen molar-refractivity contribution in [1.82, 2.24) is 9.55 Å². The quantitative estimate of drug-likeness (QED) is 0.828. The maximum atomic E-state index is 6.05. The van der Waals surface area contributed by atoms with Crippen LogP contribution in [-0.4, -0.2) is 9.55 Å². The summed E-state index contributed by atoms with van der Waals surface area (Å²) in [4.78, 5) is 4.77. The van der Waals surface area contributed by atoms with Gasteiger partial charge in [-0.25, -0.2) is 4.98 Å². The van der Waals surface area contributed by atoms with Crippen molar-refractivity contribution < 1.29 is 0 Å². The molecule has 0 aliphatic heterocycles. The summed E-state index contributed by atoms with van der Waals surface area (Å²) in [6.07, 6.45) is 2.18. The van der Waals surface area contributed by atoms with Gasteiger partial charge >= 0.3 is 0 Å². The minimum absolute atomic E-state index is 0.607. The van der Waals surface area contributed by atoms with Crippen molar-refractivity contribution in [3.8, 4) is 0 Å². The van der Waals surface area contributed by atoms with E-state index in [1.165, 1.54) is 17.8 Å². The van der Waals surface area contributed by atoms with Crippen molar-refractivity contribution in [3.05, 3.63) is 24.0 Å². The minimum Gasteiger partial charge on any atom is -0.397 e. The number of aryl methyl sites for hydroxylation is 1. The highest BCUT2D eigenvalue weighted by atomic mass is 15.1. The number of fused-ring (bicyclic) bond motifs is 1. The van der Waals surface area contributed by atoms with Crippen LogP contribution in [0.5, 0.6) is 0 Å². The number of para-hydroxylation sites is 1. The molecule has 0 atom stereocenters. The molecule has 19 heavy (non-hydrogen) atoms. The summed E-state index contributed by atoms with van der Waals surface area (Å²) in [6.45, 7) is 10.0. The zero-order valence-corrected chi connectivity index (χ0v) is 12.5. The third kappa shape index (κ3) is 3.09. The molecule has 0 saturated carbocycles. The molecule has 2 N–H and O–H groups in total. The van der Waals surface area contributed by atoms with Crippen LogP contribution in [0.15, 0.2) is 18.2 Å². The zero-order valence-electron chi connectivity index (χ0n) is 12.5. The van der Waals surface area contributed by atoms with Crippen molar-refractivity contribution >= 4 is 16.7 Å². The Morgan fingerprint density at radius 2 is 1.89 bits per heavy atom. The Labute approximate surface area is 115 Å². The van der Waals surface area contributed by atoms with E-state index in [2.05, 4.69) is 38.3 Å². The van der Waals surface area contributed by atoms with Crippen LogP contribution in [-0.2, 0) is 13.0 Å². The zero-order chi connectivity index (χ0) is 14.0. The first-order valence-corrected chi connectivity index (χ1v) is 7.22. The highest BCUT2D eigenvalue weighted by Crippen LogP contribution is 2.24. The molecule has 0 aliphatic carbocycles. The smallest absolute Gasteiger partial charge is 0.112 e. The molecule has 2 rings (SSSR count). The molecule has 0 radical (unpaired) electrons. The number of anilines is 1. The summed E-state index contributed by atoms with van der Waals surface area (Å²) >= 11 is 0. The Morgan fingerprint density at radius 1 is 1.16 bits per heavy atom. The Hall–Kier alpha value is -1.51. The standard InChI is InChI=1S/C16H25N3/c1-11(2)8-9-19-14-7-5-6-13(17)16(14)18-15(19)10-12(3)4/h5-7,11-12H,8-10,17H2,1-4H3. The minimum atomic E-state index is 0.607. The number of nitrogens with two attached hydrogens (primary N) is 1. The summed E-state index contributed by atoms with van der Waals surface area (Å²) in [5, 5.41) is 0. The summed E-state index contributed by atoms with van der Waals surface area (Å²) in [6, 6.07) is 6.08. The lowest BCUT2D eigenvalue weighted by Gasteiger charge is -2.12. The van der Waals surface area contributed by atoms with Gasteiger partial charge in [-0.3, -0.25) is 0 Å². The molecule has 0 unspecified atom stereocenters. The molecule has 1 heterocycles. The second kappa shape index (κ2) is 5.64. The Balaban J connectivity index is 2.45. The number of hydrogen-bond acceptors (Lipinski definition) is 2. The van der Waals surface area contributed by atoms with Crippen LogP contribution in [0.25, 0.3) is 11.0 Å². The number of benzene rings is 1. The molecule has 0 bridgehead atoms. The van der Waals surface area contributed by atoms with E-state index in [4.69, 9.17) is 10.7 Å². The van der Waals surface area contributed by atoms with Crippen molar-refractivity contribution in [3.63, 3.8) is 0 Å². The Morgan fingerprint density at radius 3 is 2.53 bits per heavy atom. The number of nitrogen functional groups attached to an aromatic ring is 1. The van der Waals surface area contributed by atoms with Crippen LogP contribution in [0.2, 0.25) is 0 Å². The van der Waals surface area contributed by atoms with E-state index in [0.717, 1.165) is 24.2 Å². The van der Waals surface area contributed by atoms with Gasteiger partial charge in [-0.05, 0) is 30.4 Å². The van der Waals surface area contributed by atoms with Crippen LogP contribution < -0.4 is 5.73 Å². The van der Waals surface area contributed by atoms with E-state index >= 15 is 0 Å². The van der Waals surface area contributed by atoms with Gasteiger partial charge in [-0.15, -0.1) is 0 Å². The van der Waals surface area contributed by atoms with Crippen LogP contribution in [0.1, 0.15) is 39.9 Å². The van der Waals surface area contributed by atoms with Gasteiger partial charge in [0.2, 0.25) is 0 Å². The van der Waals surface area contributed by atoms with Gasteiger partial charge in [0.05, 0.1) is 11.2 Å². The lowest BCUT2D eigenvalue weighted by atomic mass is 10.1.